The van der Waals surface area contributed by atoms with Gasteiger partial charge in [-0.3, -0.25) is 0 Å². The summed E-state index contributed by atoms with van der Waals surface area (Å²) in [6, 6.07) is 0. The van der Waals surface area contributed by atoms with E-state index in [4.69, 9.17) is 0 Å². The summed E-state index contributed by atoms with van der Waals surface area (Å²) in [5.41, 5.74) is 0. The summed E-state index contributed by atoms with van der Waals surface area (Å²) in [4.78, 5) is 37.1. The summed E-state index contributed by atoms with van der Waals surface area (Å²) in [6.45, 7) is 0. The number of carboxylic acids is 4. The van der Waals surface area contributed by atoms with E-state index in [1.165, 1.54) is 0 Å². The van der Waals surface area contributed by atoms with Crippen LogP contribution in [0, 0.1) is 0 Å². The van der Waals surface area contributed by atoms with Gasteiger partial charge in [-0.2, -0.15) is 0 Å². The molecule has 89 valence electrons. The molecule has 8 nitrogen and oxygen atoms in total. The number of aliphatic carboxylic acids is 4. The molecule has 0 aromatic heterocycles. The summed E-state index contributed by atoms with van der Waals surface area (Å²) in [5.74, 6) is -6.50. The Bertz CT molecular complexity index is 203. The van der Waals surface area contributed by atoms with Gasteiger partial charge in [0.15, 0.2) is 0 Å². The first-order chi connectivity index (χ1) is 6.25. The van der Waals surface area contributed by atoms with Gasteiger partial charge in [0, 0.05) is 36.7 Å². The molecule has 0 amide bonds. The Morgan fingerprint density at radius 1 is 0.625 bits per heavy atom. The Morgan fingerprint density at radius 3 is 0.750 bits per heavy atom. The third-order valence-electron chi connectivity index (χ3n) is 0.577. The third-order valence-corrected chi connectivity index (χ3v) is 0.577. The van der Waals surface area contributed by atoms with Gasteiger partial charge in [-0.1, -0.05) is 0 Å². The fourth-order valence-corrected chi connectivity index (χ4v) is 0.236. The molecule has 0 saturated heterocycles. The standard InChI is InChI=1S/2C3H4O4.Cu.Zn/c2*4-2(5)1-3(6)7;;/h2*1H2,(H,4,5)(H,6,7);;/q;;2*+2/p-4. The molecule has 0 spiro atoms. The van der Waals surface area contributed by atoms with Gasteiger partial charge in [0.1, 0.15) is 0 Å². The Balaban J connectivity index is -0.0000000800. The molecular weight excluding hydrogens is 329 g/mol. The fourth-order valence-electron chi connectivity index (χ4n) is 0.236. The van der Waals surface area contributed by atoms with Gasteiger partial charge in [-0.25, -0.2) is 0 Å². The van der Waals surface area contributed by atoms with Crippen LogP contribution in [0.25, 0.3) is 0 Å². The molecule has 0 aromatic rings. The molecule has 16 heavy (non-hydrogen) atoms. The maximum atomic E-state index is 9.28. The van der Waals surface area contributed by atoms with Crippen LogP contribution in [0.2, 0.25) is 0 Å². The molecule has 0 aromatic carbocycles. The summed E-state index contributed by atoms with van der Waals surface area (Å²) in [5, 5.41) is 37.1. The van der Waals surface area contributed by atoms with E-state index in [2.05, 4.69) is 0 Å². The van der Waals surface area contributed by atoms with E-state index < -0.39 is 36.7 Å². The molecule has 0 N–H and O–H groups in total. The van der Waals surface area contributed by atoms with Crippen LogP contribution >= 0.6 is 0 Å². The van der Waals surface area contributed by atoms with Crippen LogP contribution in [-0.4, -0.2) is 23.9 Å². The maximum absolute atomic E-state index is 9.28. The zero-order valence-electron chi connectivity index (χ0n) is 7.69. The molecule has 0 saturated carbocycles. The number of hydrogen-bond acceptors (Lipinski definition) is 8. The molecule has 0 aliphatic heterocycles. The summed E-state index contributed by atoms with van der Waals surface area (Å²) in [7, 11) is 0. The van der Waals surface area contributed by atoms with Gasteiger partial charge in [-0.15, -0.1) is 0 Å². The molecule has 0 aliphatic rings. The first-order valence-corrected chi connectivity index (χ1v) is 3.05. The second-order valence-corrected chi connectivity index (χ2v) is 1.84. The maximum Gasteiger partial charge on any atom is 2.00 e. The fraction of sp³-hybridized carbons (Fsp3) is 0.333. The van der Waals surface area contributed by atoms with Crippen LogP contribution < -0.4 is 20.4 Å². The smallest absolute Gasteiger partial charge is 0.550 e. The number of carbonyl (C=O) groups excluding carboxylic acids is 4. The van der Waals surface area contributed by atoms with E-state index in [9.17, 15) is 39.6 Å². The van der Waals surface area contributed by atoms with Crippen molar-refractivity contribution in [3.63, 3.8) is 0 Å². The molecule has 0 unspecified atom stereocenters. The largest absolute Gasteiger partial charge is 2.00 e. The number of carboxylic acid groups (broad SMARTS) is 4. The van der Waals surface area contributed by atoms with E-state index in [1.54, 1.807) is 0 Å². The van der Waals surface area contributed by atoms with E-state index in [1.807, 2.05) is 0 Å². The van der Waals surface area contributed by atoms with E-state index in [0.717, 1.165) is 0 Å². The molecule has 0 bridgehead atoms. The predicted molar refractivity (Wildman–Crippen MR) is 29.3 cm³/mol. The van der Waals surface area contributed by atoms with Crippen LogP contribution in [0.15, 0.2) is 0 Å². The molecule has 0 fully saturated rings. The molecule has 0 atom stereocenters. The molecular formula is C6H4CuO8Zn. The van der Waals surface area contributed by atoms with Crippen LogP contribution in [0.1, 0.15) is 12.8 Å². The summed E-state index contributed by atoms with van der Waals surface area (Å²) < 4.78 is 0. The van der Waals surface area contributed by atoms with E-state index in [0.29, 0.717) is 0 Å². The van der Waals surface area contributed by atoms with Crippen LogP contribution in [0.4, 0.5) is 0 Å². The first-order valence-electron chi connectivity index (χ1n) is 3.05. The van der Waals surface area contributed by atoms with Crippen LogP contribution in [-0.2, 0) is 55.7 Å². The van der Waals surface area contributed by atoms with Gasteiger partial charge in [0.2, 0.25) is 0 Å². The Kier molecular flexibility index (Phi) is 21.3. The number of carbonyl (C=O) groups is 4. The second kappa shape index (κ2) is 14.0. The van der Waals surface area contributed by atoms with Gasteiger partial charge in [0.05, 0.1) is 0 Å². The predicted octanol–water partition coefficient (Wildman–Crippen LogP) is -6.25. The molecule has 1 radical (unpaired) electrons. The Morgan fingerprint density at radius 2 is 0.750 bits per heavy atom. The second-order valence-electron chi connectivity index (χ2n) is 1.84. The van der Waals surface area contributed by atoms with Crippen molar-refractivity contribution in [2.24, 2.45) is 0 Å². The summed E-state index contributed by atoms with van der Waals surface area (Å²) >= 11 is 0. The average Bonchev–Trinajstić information content (AvgIpc) is 1.79. The van der Waals surface area contributed by atoms with Crippen molar-refractivity contribution in [2.75, 3.05) is 0 Å². The van der Waals surface area contributed by atoms with Gasteiger partial charge >= 0.3 is 36.5 Å². The minimum Gasteiger partial charge on any atom is -0.550 e. The average molecular weight is 333 g/mol. The third kappa shape index (κ3) is 38.2. The first kappa shape index (κ1) is 24.3. The molecule has 10 heteroatoms. The molecule has 0 rings (SSSR count). The normalized spacial score (nSPS) is 7.00. The Hall–Kier alpha value is -0.977. The van der Waals surface area contributed by atoms with Gasteiger partial charge < -0.3 is 39.6 Å². The van der Waals surface area contributed by atoms with Crippen molar-refractivity contribution in [1.29, 1.82) is 0 Å². The van der Waals surface area contributed by atoms with Crippen molar-refractivity contribution in [3.05, 3.63) is 0 Å². The SMILES string of the molecule is O=C([O-])CC(=O)[O-].O=C([O-])CC(=O)[O-].[Cu+2].[Zn+2]. The zero-order valence-corrected chi connectivity index (χ0v) is 11.6. The minimum absolute atomic E-state index is 0. The van der Waals surface area contributed by atoms with Gasteiger partial charge in [-0.05, 0) is 0 Å². The van der Waals surface area contributed by atoms with Crippen molar-refractivity contribution in [1.82, 2.24) is 0 Å². The summed E-state index contributed by atoms with van der Waals surface area (Å²) in [6.07, 6.45) is -2.06. The van der Waals surface area contributed by atoms with Crippen LogP contribution in [0.3, 0.4) is 0 Å². The van der Waals surface area contributed by atoms with Crippen molar-refractivity contribution in [2.45, 2.75) is 12.8 Å². The van der Waals surface area contributed by atoms with Crippen molar-refractivity contribution >= 4 is 23.9 Å². The Labute approximate surface area is 113 Å². The molecule has 0 aliphatic carbocycles. The van der Waals surface area contributed by atoms with Gasteiger partial charge in [0.25, 0.3) is 0 Å². The van der Waals surface area contributed by atoms with E-state index in [-0.39, 0.29) is 36.5 Å². The molecule has 0 heterocycles. The topological polar surface area (TPSA) is 161 Å². The van der Waals surface area contributed by atoms with E-state index >= 15 is 0 Å². The number of hydrogen-bond donors (Lipinski definition) is 0. The zero-order chi connectivity index (χ0) is 11.7. The van der Waals surface area contributed by atoms with Crippen molar-refractivity contribution in [3.8, 4) is 0 Å². The monoisotopic (exact) mass is 331 g/mol. The van der Waals surface area contributed by atoms with Crippen LogP contribution in [0.5, 0.6) is 0 Å². The van der Waals surface area contributed by atoms with Crippen molar-refractivity contribution < 1.29 is 76.2 Å². The number of rotatable bonds is 4. The quantitative estimate of drug-likeness (QED) is 0.362. The minimum atomic E-state index is -1.63.